The summed E-state index contributed by atoms with van der Waals surface area (Å²) >= 11 is 0. The Morgan fingerprint density at radius 3 is 1.75 bits per heavy atom. The van der Waals surface area contributed by atoms with Gasteiger partial charge < -0.3 is 9.84 Å². The van der Waals surface area contributed by atoms with E-state index in [0.29, 0.717) is 11.1 Å². The Hall–Kier alpha value is -2.13. The number of carbonyl (C=O) groups is 1. The topological polar surface area (TPSA) is 46.5 Å². The Labute approximate surface area is 118 Å². The summed E-state index contributed by atoms with van der Waals surface area (Å²) in [5.41, 5.74) is 0.0219. The molecular weight excluding hydrogens is 252 g/mol. The van der Waals surface area contributed by atoms with Gasteiger partial charge in [-0.05, 0) is 18.1 Å². The number of esters is 1. The van der Waals surface area contributed by atoms with E-state index in [2.05, 4.69) is 0 Å². The summed E-state index contributed by atoms with van der Waals surface area (Å²) in [6, 6.07) is 18.5. The van der Waals surface area contributed by atoms with Crippen molar-refractivity contribution in [3.8, 4) is 0 Å². The van der Waals surface area contributed by atoms with E-state index < -0.39 is 17.7 Å². The van der Waals surface area contributed by atoms with Gasteiger partial charge in [0.2, 0.25) is 0 Å². The molecule has 0 aromatic heterocycles. The second-order valence-electron chi connectivity index (χ2n) is 4.75. The second kappa shape index (κ2) is 5.88. The summed E-state index contributed by atoms with van der Waals surface area (Å²) in [6.45, 7) is 3.04. The molecule has 3 heteroatoms. The largest absolute Gasteiger partial charge is 0.459 e. The first-order valence-electron chi connectivity index (χ1n) is 6.55. The van der Waals surface area contributed by atoms with E-state index in [1.54, 1.807) is 6.92 Å². The molecule has 0 aliphatic rings. The molecule has 0 fully saturated rings. The fourth-order valence-electron chi connectivity index (χ4n) is 2.35. The van der Waals surface area contributed by atoms with Crippen molar-refractivity contribution in [2.75, 3.05) is 0 Å². The molecule has 2 rings (SSSR count). The Kier molecular flexibility index (Phi) is 4.20. The molecular formula is C17H18O3. The van der Waals surface area contributed by atoms with Crippen LogP contribution in [0.1, 0.15) is 25.0 Å². The molecule has 0 saturated heterocycles. The van der Waals surface area contributed by atoms with Crippen molar-refractivity contribution in [3.05, 3.63) is 71.8 Å². The van der Waals surface area contributed by atoms with Crippen LogP contribution in [0.4, 0.5) is 0 Å². The normalized spacial score (nSPS) is 12.8. The first kappa shape index (κ1) is 14.3. The lowest BCUT2D eigenvalue weighted by molar-refractivity contribution is -0.157. The van der Waals surface area contributed by atoms with Crippen LogP contribution in [0.3, 0.4) is 0 Å². The van der Waals surface area contributed by atoms with Crippen LogP contribution < -0.4 is 0 Å². The van der Waals surface area contributed by atoms with Crippen molar-refractivity contribution in [1.82, 2.24) is 0 Å². The van der Waals surface area contributed by atoms with Crippen molar-refractivity contribution in [3.63, 3.8) is 0 Å². The average molecular weight is 270 g/mol. The van der Waals surface area contributed by atoms with Gasteiger partial charge in [-0.3, -0.25) is 4.79 Å². The van der Waals surface area contributed by atoms with Crippen LogP contribution >= 0.6 is 0 Å². The molecule has 20 heavy (non-hydrogen) atoms. The van der Waals surface area contributed by atoms with E-state index >= 15 is 0 Å². The zero-order chi connectivity index (χ0) is 14.6. The molecule has 0 heterocycles. The third kappa shape index (κ3) is 2.73. The lowest BCUT2D eigenvalue weighted by Crippen LogP contribution is -2.41. The van der Waals surface area contributed by atoms with Crippen LogP contribution in [0, 0.1) is 0 Å². The highest BCUT2D eigenvalue weighted by atomic mass is 16.6. The highest BCUT2D eigenvalue weighted by molar-refractivity contribution is 5.66. The molecule has 0 spiro atoms. The fourth-order valence-corrected chi connectivity index (χ4v) is 2.35. The lowest BCUT2D eigenvalue weighted by Gasteiger charge is -2.34. The molecule has 0 aliphatic heterocycles. The van der Waals surface area contributed by atoms with E-state index in [-0.39, 0.29) is 0 Å². The van der Waals surface area contributed by atoms with E-state index in [0.717, 1.165) is 0 Å². The monoisotopic (exact) mass is 270 g/mol. The second-order valence-corrected chi connectivity index (χ2v) is 4.75. The maximum atomic E-state index is 11.2. The highest BCUT2D eigenvalue weighted by Gasteiger charge is 2.39. The highest BCUT2D eigenvalue weighted by Crippen LogP contribution is 2.34. The maximum Gasteiger partial charge on any atom is 0.303 e. The summed E-state index contributed by atoms with van der Waals surface area (Å²) in [6.07, 6.45) is -0.690. The minimum atomic E-state index is -1.37. The molecule has 1 N–H and O–H groups in total. The molecule has 2 aromatic rings. The number of hydrogen-bond acceptors (Lipinski definition) is 3. The van der Waals surface area contributed by atoms with Crippen molar-refractivity contribution in [2.45, 2.75) is 25.6 Å². The molecule has 104 valence electrons. The van der Waals surface area contributed by atoms with Crippen molar-refractivity contribution in [2.24, 2.45) is 0 Å². The number of aliphatic hydroxyl groups is 1. The third-order valence-corrected chi connectivity index (χ3v) is 3.36. The number of carbonyl (C=O) groups excluding carboxylic acids is 1. The fraction of sp³-hybridized carbons (Fsp3) is 0.235. The van der Waals surface area contributed by atoms with Gasteiger partial charge >= 0.3 is 5.97 Å². The summed E-state index contributed by atoms with van der Waals surface area (Å²) in [7, 11) is 0. The smallest absolute Gasteiger partial charge is 0.303 e. The van der Waals surface area contributed by atoms with Gasteiger partial charge in [0.1, 0.15) is 6.10 Å². The SMILES string of the molecule is CC(=O)OC(C)C(O)(c1ccccc1)c1ccccc1. The Balaban J connectivity index is 2.52. The molecule has 1 atom stereocenters. The molecule has 3 nitrogen and oxygen atoms in total. The summed E-state index contributed by atoms with van der Waals surface area (Å²) in [5.74, 6) is -0.414. The maximum absolute atomic E-state index is 11.2. The van der Waals surface area contributed by atoms with Crippen LogP contribution in [0.25, 0.3) is 0 Å². The van der Waals surface area contributed by atoms with Crippen LogP contribution in [-0.4, -0.2) is 17.2 Å². The van der Waals surface area contributed by atoms with Crippen molar-refractivity contribution >= 4 is 5.97 Å². The van der Waals surface area contributed by atoms with Gasteiger partial charge in [-0.25, -0.2) is 0 Å². The Bertz CT molecular complexity index is 524. The van der Waals surface area contributed by atoms with Gasteiger partial charge in [0, 0.05) is 6.92 Å². The zero-order valence-electron chi connectivity index (χ0n) is 11.6. The van der Waals surface area contributed by atoms with Gasteiger partial charge in [-0.1, -0.05) is 60.7 Å². The summed E-state index contributed by atoms with van der Waals surface area (Å²) < 4.78 is 5.24. The standard InChI is InChI=1S/C17H18O3/c1-13(20-14(2)18)17(19,15-9-5-3-6-10-15)16-11-7-4-8-12-16/h3-13,19H,1-2H3. The lowest BCUT2D eigenvalue weighted by atomic mass is 9.82. The first-order valence-corrected chi connectivity index (χ1v) is 6.55. The van der Waals surface area contributed by atoms with Crippen molar-refractivity contribution < 1.29 is 14.6 Å². The molecule has 2 aromatic carbocycles. The van der Waals surface area contributed by atoms with Gasteiger partial charge in [0.25, 0.3) is 0 Å². The minimum absolute atomic E-state index is 0.414. The Morgan fingerprint density at radius 1 is 1.00 bits per heavy atom. The van der Waals surface area contributed by atoms with Gasteiger partial charge in [-0.15, -0.1) is 0 Å². The van der Waals surface area contributed by atoms with Gasteiger partial charge in [0.05, 0.1) is 0 Å². The predicted octanol–water partition coefficient (Wildman–Crippen LogP) is 2.87. The molecule has 0 radical (unpaired) electrons. The number of benzene rings is 2. The molecule has 0 amide bonds. The first-order chi connectivity index (χ1) is 9.55. The van der Waals surface area contributed by atoms with Gasteiger partial charge in [0.15, 0.2) is 5.60 Å². The Morgan fingerprint density at radius 2 is 1.40 bits per heavy atom. The number of rotatable bonds is 4. The van der Waals surface area contributed by atoms with Crippen LogP contribution in [0.15, 0.2) is 60.7 Å². The number of hydrogen-bond donors (Lipinski definition) is 1. The van der Waals surface area contributed by atoms with Crippen molar-refractivity contribution in [1.29, 1.82) is 0 Å². The molecule has 0 bridgehead atoms. The summed E-state index contributed by atoms with van der Waals surface area (Å²) in [5, 5.41) is 11.2. The molecule has 1 unspecified atom stereocenters. The molecule has 0 aliphatic carbocycles. The van der Waals surface area contributed by atoms with Gasteiger partial charge in [-0.2, -0.15) is 0 Å². The summed E-state index contributed by atoms with van der Waals surface area (Å²) in [4.78, 5) is 11.2. The van der Waals surface area contributed by atoms with E-state index in [1.807, 2.05) is 60.7 Å². The minimum Gasteiger partial charge on any atom is -0.459 e. The van der Waals surface area contributed by atoms with E-state index in [9.17, 15) is 9.90 Å². The van der Waals surface area contributed by atoms with E-state index in [4.69, 9.17) is 4.74 Å². The molecule has 0 saturated carbocycles. The quantitative estimate of drug-likeness (QED) is 0.869. The average Bonchev–Trinajstić information content (AvgIpc) is 2.47. The zero-order valence-corrected chi connectivity index (χ0v) is 11.6. The van der Waals surface area contributed by atoms with Crippen LogP contribution in [-0.2, 0) is 15.1 Å². The van der Waals surface area contributed by atoms with Crippen LogP contribution in [0.5, 0.6) is 0 Å². The van der Waals surface area contributed by atoms with E-state index in [1.165, 1.54) is 6.92 Å². The predicted molar refractivity (Wildman–Crippen MR) is 77.1 cm³/mol. The van der Waals surface area contributed by atoms with Crippen LogP contribution in [0.2, 0.25) is 0 Å². The third-order valence-electron chi connectivity index (χ3n) is 3.36. The number of ether oxygens (including phenoxy) is 1.